The molecule has 0 radical (unpaired) electrons. The van der Waals surface area contributed by atoms with Gasteiger partial charge in [-0.15, -0.1) is 0 Å². The Morgan fingerprint density at radius 1 is 1.07 bits per heavy atom. The van der Waals surface area contributed by atoms with Crippen molar-refractivity contribution in [1.29, 1.82) is 0 Å². The molecular formula is C23H31FN4O2. The van der Waals surface area contributed by atoms with Crippen molar-refractivity contribution in [3.63, 3.8) is 0 Å². The fourth-order valence-corrected chi connectivity index (χ4v) is 3.79. The minimum atomic E-state index is -0.217. The monoisotopic (exact) mass is 414 g/mol. The van der Waals surface area contributed by atoms with Gasteiger partial charge >= 0.3 is 0 Å². The van der Waals surface area contributed by atoms with Gasteiger partial charge < -0.3 is 19.9 Å². The molecular weight excluding hydrogens is 383 g/mol. The Hall–Kier alpha value is -2.64. The standard InChI is InChI=1S/C23H31FN4O2/c1-26(2)20-8-4-18(5-9-20)22(16-25-23(29)17-30-3)28-14-12-27(13-15-28)21-10-6-19(24)7-11-21/h4-11,22H,12-17H2,1-3H3,(H,25,29)/t22-/m0/s1. The topological polar surface area (TPSA) is 48.1 Å². The highest BCUT2D eigenvalue weighted by molar-refractivity contribution is 5.77. The van der Waals surface area contributed by atoms with Gasteiger partial charge in [-0.25, -0.2) is 4.39 Å². The number of amides is 1. The molecule has 0 saturated carbocycles. The summed E-state index contributed by atoms with van der Waals surface area (Å²) in [6, 6.07) is 15.2. The highest BCUT2D eigenvalue weighted by Crippen LogP contribution is 2.26. The molecule has 0 spiro atoms. The van der Waals surface area contributed by atoms with E-state index in [9.17, 15) is 9.18 Å². The van der Waals surface area contributed by atoms with E-state index in [-0.39, 0.29) is 24.4 Å². The van der Waals surface area contributed by atoms with Crippen molar-refractivity contribution < 1.29 is 13.9 Å². The minimum Gasteiger partial charge on any atom is -0.378 e. The summed E-state index contributed by atoms with van der Waals surface area (Å²) in [5, 5.41) is 2.99. The maximum absolute atomic E-state index is 13.2. The van der Waals surface area contributed by atoms with Gasteiger partial charge in [0.2, 0.25) is 5.91 Å². The molecule has 0 unspecified atom stereocenters. The number of carbonyl (C=O) groups excluding carboxylic acids is 1. The van der Waals surface area contributed by atoms with Crippen LogP contribution in [0.5, 0.6) is 0 Å². The van der Waals surface area contributed by atoms with E-state index in [0.717, 1.165) is 37.6 Å². The van der Waals surface area contributed by atoms with E-state index in [1.165, 1.54) is 24.8 Å². The first-order chi connectivity index (χ1) is 14.5. The average molecular weight is 415 g/mol. The number of methoxy groups -OCH3 is 1. The Kier molecular flexibility index (Phi) is 7.65. The molecule has 2 aromatic carbocycles. The van der Waals surface area contributed by atoms with Crippen LogP contribution in [-0.2, 0) is 9.53 Å². The number of carbonyl (C=O) groups is 1. The summed E-state index contributed by atoms with van der Waals surface area (Å²) in [6.07, 6.45) is 0. The highest BCUT2D eigenvalue weighted by Gasteiger charge is 2.26. The van der Waals surface area contributed by atoms with E-state index in [0.29, 0.717) is 6.54 Å². The molecule has 2 aromatic rings. The van der Waals surface area contributed by atoms with E-state index in [1.807, 2.05) is 26.2 Å². The van der Waals surface area contributed by atoms with E-state index >= 15 is 0 Å². The number of nitrogens with zero attached hydrogens (tertiary/aromatic N) is 3. The molecule has 162 valence electrons. The third kappa shape index (κ3) is 5.70. The van der Waals surface area contributed by atoms with Crippen LogP contribution < -0.4 is 15.1 Å². The first-order valence-electron chi connectivity index (χ1n) is 10.3. The third-order valence-corrected chi connectivity index (χ3v) is 5.51. The zero-order valence-electron chi connectivity index (χ0n) is 18.0. The van der Waals surface area contributed by atoms with Crippen molar-refractivity contribution in [2.75, 3.05) is 70.3 Å². The van der Waals surface area contributed by atoms with Crippen LogP contribution in [0.2, 0.25) is 0 Å². The Morgan fingerprint density at radius 2 is 1.70 bits per heavy atom. The molecule has 0 aromatic heterocycles. The van der Waals surface area contributed by atoms with Gasteiger partial charge in [0.25, 0.3) is 0 Å². The lowest BCUT2D eigenvalue weighted by Crippen LogP contribution is -2.50. The SMILES string of the molecule is COCC(=O)NC[C@@H](c1ccc(N(C)C)cc1)N1CCN(c2ccc(F)cc2)CC1. The van der Waals surface area contributed by atoms with Gasteiger partial charge in [0.1, 0.15) is 12.4 Å². The van der Waals surface area contributed by atoms with Crippen LogP contribution in [-0.4, -0.2) is 71.3 Å². The number of hydrogen-bond donors (Lipinski definition) is 1. The second-order valence-corrected chi connectivity index (χ2v) is 7.74. The maximum Gasteiger partial charge on any atom is 0.246 e. The molecule has 1 amide bonds. The van der Waals surface area contributed by atoms with E-state index in [1.54, 1.807) is 0 Å². The molecule has 1 aliphatic rings. The molecule has 1 fully saturated rings. The largest absolute Gasteiger partial charge is 0.378 e. The van der Waals surface area contributed by atoms with Gasteiger partial charge in [-0.3, -0.25) is 9.69 Å². The first-order valence-corrected chi connectivity index (χ1v) is 10.3. The molecule has 0 bridgehead atoms. The van der Waals surface area contributed by atoms with Crippen LogP contribution in [0.15, 0.2) is 48.5 Å². The van der Waals surface area contributed by atoms with Gasteiger partial charge in [-0.1, -0.05) is 12.1 Å². The number of ether oxygens (including phenoxy) is 1. The fraction of sp³-hybridized carbons (Fsp3) is 0.435. The smallest absolute Gasteiger partial charge is 0.246 e. The Balaban J connectivity index is 1.70. The summed E-state index contributed by atoms with van der Waals surface area (Å²) in [5.74, 6) is -0.331. The van der Waals surface area contributed by atoms with Gasteiger partial charge in [-0.2, -0.15) is 0 Å². The number of nitrogens with one attached hydrogen (secondary N) is 1. The number of benzene rings is 2. The van der Waals surface area contributed by atoms with Crippen molar-refractivity contribution >= 4 is 17.3 Å². The number of halogens is 1. The molecule has 1 heterocycles. The molecule has 7 heteroatoms. The fourth-order valence-electron chi connectivity index (χ4n) is 3.79. The number of anilines is 2. The molecule has 1 N–H and O–H groups in total. The van der Waals surface area contributed by atoms with Crippen molar-refractivity contribution in [3.05, 3.63) is 59.9 Å². The van der Waals surface area contributed by atoms with Crippen LogP contribution in [0.4, 0.5) is 15.8 Å². The quantitative estimate of drug-likeness (QED) is 0.719. The van der Waals surface area contributed by atoms with Crippen LogP contribution in [0.3, 0.4) is 0 Å². The first kappa shape index (κ1) is 22.1. The lowest BCUT2D eigenvalue weighted by atomic mass is 10.0. The normalized spacial score (nSPS) is 15.7. The van der Waals surface area contributed by atoms with Crippen molar-refractivity contribution in [1.82, 2.24) is 10.2 Å². The summed E-state index contributed by atoms with van der Waals surface area (Å²) in [5.41, 5.74) is 3.35. The van der Waals surface area contributed by atoms with Crippen molar-refractivity contribution in [2.24, 2.45) is 0 Å². The zero-order valence-corrected chi connectivity index (χ0v) is 18.0. The molecule has 1 aliphatic heterocycles. The molecule has 6 nitrogen and oxygen atoms in total. The molecule has 1 atom stereocenters. The van der Waals surface area contributed by atoms with Crippen molar-refractivity contribution in [2.45, 2.75) is 6.04 Å². The Morgan fingerprint density at radius 3 is 2.27 bits per heavy atom. The van der Waals surface area contributed by atoms with Crippen LogP contribution >= 0.6 is 0 Å². The van der Waals surface area contributed by atoms with E-state index in [2.05, 4.69) is 44.3 Å². The summed E-state index contributed by atoms with van der Waals surface area (Å²) >= 11 is 0. The van der Waals surface area contributed by atoms with Crippen molar-refractivity contribution in [3.8, 4) is 0 Å². The van der Waals surface area contributed by atoms with Crippen LogP contribution in [0.1, 0.15) is 11.6 Å². The molecule has 1 saturated heterocycles. The van der Waals surface area contributed by atoms with Crippen LogP contribution in [0.25, 0.3) is 0 Å². The summed E-state index contributed by atoms with van der Waals surface area (Å²) in [4.78, 5) is 18.7. The number of hydrogen-bond acceptors (Lipinski definition) is 5. The van der Waals surface area contributed by atoms with Gasteiger partial charge in [0, 0.05) is 65.3 Å². The number of rotatable bonds is 8. The lowest BCUT2D eigenvalue weighted by Gasteiger charge is -2.40. The predicted octanol–water partition coefficient (Wildman–Crippen LogP) is 2.52. The predicted molar refractivity (Wildman–Crippen MR) is 119 cm³/mol. The lowest BCUT2D eigenvalue weighted by molar-refractivity contribution is -0.125. The second-order valence-electron chi connectivity index (χ2n) is 7.74. The highest BCUT2D eigenvalue weighted by atomic mass is 19.1. The second kappa shape index (κ2) is 10.4. The summed E-state index contributed by atoms with van der Waals surface area (Å²) < 4.78 is 18.2. The maximum atomic E-state index is 13.2. The average Bonchev–Trinajstić information content (AvgIpc) is 2.75. The van der Waals surface area contributed by atoms with E-state index in [4.69, 9.17) is 4.74 Å². The Labute approximate surface area is 178 Å². The molecule has 30 heavy (non-hydrogen) atoms. The summed E-state index contributed by atoms with van der Waals surface area (Å²) in [7, 11) is 5.56. The van der Waals surface area contributed by atoms with Gasteiger partial charge in [0.15, 0.2) is 0 Å². The summed E-state index contributed by atoms with van der Waals surface area (Å²) in [6.45, 7) is 4.01. The van der Waals surface area contributed by atoms with Crippen LogP contribution in [0, 0.1) is 5.82 Å². The molecule has 3 rings (SSSR count). The third-order valence-electron chi connectivity index (χ3n) is 5.51. The van der Waals surface area contributed by atoms with E-state index < -0.39 is 0 Å². The van der Waals surface area contributed by atoms with Gasteiger partial charge in [-0.05, 0) is 42.0 Å². The zero-order chi connectivity index (χ0) is 21.5. The number of piperazine rings is 1. The molecule has 0 aliphatic carbocycles. The Bertz CT molecular complexity index is 803. The minimum absolute atomic E-state index is 0.0602. The van der Waals surface area contributed by atoms with Gasteiger partial charge in [0.05, 0.1) is 6.04 Å².